The van der Waals surface area contributed by atoms with Crippen molar-refractivity contribution in [3.63, 3.8) is 0 Å². The average Bonchev–Trinajstić information content (AvgIpc) is 2.20. The second kappa shape index (κ2) is 5.43. The zero-order valence-electron chi connectivity index (χ0n) is 8.79. The summed E-state index contributed by atoms with van der Waals surface area (Å²) in [6.07, 6.45) is 2.51. The van der Waals surface area contributed by atoms with Gasteiger partial charge in [-0.3, -0.25) is 0 Å². The van der Waals surface area contributed by atoms with Gasteiger partial charge in [0.05, 0.1) is 0 Å². The van der Waals surface area contributed by atoms with E-state index in [1.54, 1.807) is 0 Å². The van der Waals surface area contributed by atoms with Crippen LogP contribution in [0.15, 0.2) is 24.3 Å². The molecule has 0 aliphatic carbocycles. The van der Waals surface area contributed by atoms with E-state index < -0.39 is 0 Å². The lowest BCUT2D eigenvalue weighted by molar-refractivity contribution is -0.108. The quantitative estimate of drug-likeness (QED) is 0.725. The molecule has 1 rings (SSSR count). The van der Waals surface area contributed by atoms with E-state index in [4.69, 9.17) is 0 Å². The summed E-state index contributed by atoms with van der Waals surface area (Å²) in [6, 6.07) is 8.48. The van der Waals surface area contributed by atoms with Gasteiger partial charge >= 0.3 is 0 Å². The van der Waals surface area contributed by atoms with Crippen LogP contribution in [-0.4, -0.2) is 12.3 Å². The molecule has 1 atom stereocenters. The van der Waals surface area contributed by atoms with Crippen LogP contribution in [0, 0.1) is 6.92 Å². The molecule has 0 aliphatic rings. The van der Waals surface area contributed by atoms with Gasteiger partial charge in [-0.25, -0.2) is 0 Å². The van der Waals surface area contributed by atoms with Gasteiger partial charge in [-0.1, -0.05) is 24.6 Å². The van der Waals surface area contributed by atoms with Crippen LogP contribution >= 0.6 is 0 Å². The Morgan fingerprint density at radius 1 is 1.36 bits per heavy atom. The van der Waals surface area contributed by atoms with Gasteiger partial charge in [0.15, 0.2) is 0 Å². The van der Waals surface area contributed by atoms with Crippen molar-refractivity contribution in [1.29, 1.82) is 0 Å². The Hall–Kier alpha value is -1.31. The zero-order valence-corrected chi connectivity index (χ0v) is 8.79. The maximum absolute atomic E-state index is 10.4. The van der Waals surface area contributed by atoms with Crippen LogP contribution < -0.4 is 5.32 Å². The smallest absolute Gasteiger partial charge is 0.122 e. The van der Waals surface area contributed by atoms with Crippen LogP contribution in [-0.2, 0) is 4.79 Å². The summed E-state index contributed by atoms with van der Waals surface area (Å²) >= 11 is 0. The number of anilines is 1. The molecule has 0 heterocycles. The highest BCUT2D eigenvalue weighted by Gasteiger charge is 2.04. The molecule has 0 amide bonds. The van der Waals surface area contributed by atoms with E-state index in [0.717, 1.165) is 18.4 Å². The molecule has 0 aliphatic heterocycles. The molecule has 2 nitrogen and oxygen atoms in total. The van der Waals surface area contributed by atoms with Gasteiger partial charge in [-0.15, -0.1) is 0 Å². The molecule has 0 unspecified atom stereocenters. The third-order valence-electron chi connectivity index (χ3n) is 2.30. The van der Waals surface area contributed by atoms with Gasteiger partial charge in [0.25, 0.3) is 0 Å². The van der Waals surface area contributed by atoms with Crippen LogP contribution in [0.3, 0.4) is 0 Å². The summed E-state index contributed by atoms with van der Waals surface area (Å²) in [5, 5.41) is 3.33. The maximum atomic E-state index is 10.4. The third kappa shape index (κ3) is 3.21. The van der Waals surface area contributed by atoms with Crippen molar-refractivity contribution in [2.45, 2.75) is 32.7 Å². The Kier molecular flexibility index (Phi) is 4.17. The van der Waals surface area contributed by atoms with Crippen molar-refractivity contribution in [2.24, 2.45) is 0 Å². The zero-order chi connectivity index (χ0) is 10.4. The van der Waals surface area contributed by atoms with Crippen LogP contribution in [0.4, 0.5) is 5.69 Å². The number of aryl methyl sites for hydroxylation is 1. The number of benzene rings is 1. The maximum Gasteiger partial charge on any atom is 0.122 e. The first-order chi connectivity index (χ1) is 6.76. The number of carbonyl (C=O) groups is 1. The second-order valence-corrected chi connectivity index (χ2v) is 3.52. The molecule has 1 N–H and O–H groups in total. The minimum atomic E-state index is 0.259. The fraction of sp³-hybridized carbons (Fsp3) is 0.417. The van der Waals surface area contributed by atoms with Crippen molar-refractivity contribution >= 4 is 12.0 Å². The molecule has 0 radical (unpaired) electrons. The Morgan fingerprint density at radius 2 is 2.00 bits per heavy atom. The average molecular weight is 191 g/mol. The minimum Gasteiger partial charge on any atom is -0.382 e. The van der Waals surface area contributed by atoms with Crippen molar-refractivity contribution < 1.29 is 4.79 Å². The van der Waals surface area contributed by atoms with Gasteiger partial charge in [0, 0.05) is 18.2 Å². The Bertz CT molecular complexity index is 279. The highest BCUT2D eigenvalue weighted by molar-refractivity contribution is 5.53. The molecule has 1 aromatic rings. The summed E-state index contributed by atoms with van der Waals surface area (Å²) in [6.45, 7) is 4.14. The van der Waals surface area contributed by atoms with Crippen LogP contribution in [0.5, 0.6) is 0 Å². The number of aldehydes is 1. The van der Waals surface area contributed by atoms with E-state index in [-0.39, 0.29) is 6.04 Å². The molecular formula is C12H17NO. The van der Waals surface area contributed by atoms with Gasteiger partial charge in [-0.2, -0.15) is 0 Å². The predicted molar refractivity (Wildman–Crippen MR) is 59.6 cm³/mol. The van der Waals surface area contributed by atoms with Crippen molar-refractivity contribution in [3.05, 3.63) is 29.8 Å². The van der Waals surface area contributed by atoms with E-state index in [2.05, 4.69) is 31.3 Å². The third-order valence-corrected chi connectivity index (χ3v) is 2.30. The monoisotopic (exact) mass is 191 g/mol. The van der Waals surface area contributed by atoms with Crippen molar-refractivity contribution in [1.82, 2.24) is 0 Å². The Labute approximate surface area is 85.3 Å². The second-order valence-electron chi connectivity index (χ2n) is 3.52. The molecule has 0 aromatic heterocycles. The molecular weight excluding hydrogens is 174 g/mol. The lowest BCUT2D eigenvalue weighted by atomic mass is 10.1. The van der Waals surface area contributed by atoms with Crippen LogP contribution in [0.2, 0.25) is 0 Å². The van der Waals surface area contributed by atoms with E-state index >= 15 is 0 Å². The fourth-order valence-electron chi connectivity index (χ4n) is 1.33. The predicted octanol–water partition coefficient (Wildman–Crippen LogP) is 2.77. The van der Waals surface area contributed by atoms with Crippen molar-refractivity contribution in [3.8, 4) is 0 Å². The molecule has 2 heteroatoms. The van der Waals surface area contributed by atoms with Crippen LogP contribution in [0.1, 0.15) is 25.3 Å². The molecule has 0 saturated heterocycles. The first kappa shape index (κ1) is 10.8. The molecule has 0 bridgehead atoms. The minimum absolute atomic E-state index is 0.259. The van der Waals surface area contributed by atoms with E-state index in [1.807, 2.05) is 12.1 Å². The first-order valence-corrected chi connectivity index (χ1v) is 5.03. The summed E-state index contributed by atoms with van der Waals surface area (Å²) in [7, 11) is 0. The van der Waals surface area contributed by atoms with Crippen LogP contribution in [0.25, 0.3) is 0 Å². The summed E-state index contributed by atoms with van der Waals surface area (Å²) < 4.78 is 0. The van der Waals surface area contributed by atoms with Gasteiger partial charge < -0.3 is 10.1 Å². The molecule has 1 aromatic carbocycles. The Balaban J connectivity index is 2.57. The summed E-state index contributed by atoms with van der Waals surface area (Å²) in [5.74, 6) is 0. The number of carbonyl (C=O) groups excluding carboxylic acids is 1. The van der Waals surface area contributed by atoms with E-state index in [1.165, 1.54) is 5.56 Å². The Morgan fingerprint density at radius 3 is 2.50 bits per heavy atom. The van der Waals surface area contributed by atoms with Crippen molar-refractivity contribution in [2.75, 3.05) is 5.32 Å². The number of hydrogen-bond donors (Lipinski definition) is 1. The molecule has 14 heavy (non-hydrogen) atoms. The lowest BCUT2D eigenvalue weighted by Gasteiger charge is -2.15. The molecule has 0 fully saturated rings. The SMILES string of the molecule is CC[C@@H](CC=O)Nc1ccc(C)cc1. The van der Waals surface area contributed by atoms with Gasteiger partial charge in [0.2, 0.25) is 0 Å². The standard InChI is InChI=1S/C12H17NO/c1-3-11(8-9-14)13-12-6-4-10(2)5-7-12/h4-7,9,11,13H,3,8H2,1-2H3/t11-/m0/s1. The highest BCUT2D eigenvalue weighted by Crippen LogP contribution is 2.12. The van der Waals surface area contributed by atoms with E-state index in [9.17, 15) is 4.79 Å². The topological polar surface area (TPSA) is 29.1 Å². The normalized spacial score (nSPS) is 12.1. The number of nitrogens with one attached hydrogen (secondary N) is 1. The lowest BCUT2D eigenvalue weighted by Crippen LogP contribution is -2.18. The fourth-order valence-corrected chi connectivity index (χ4v) is 1.33. The van der Waals surface area contributed by atoms with E-state index in [0.29, 0.717) is 6.42 Å². The van der Waals surface area contributed by atoms with Gasteiger partial charge in [-0.05, 0) is 25.5 Å². The molecule has 0 saturated carbocycles. The summed E-state index contributed by atoms with van der Waals surface area (Å²) in [4.78, 5) is 10.4. The number of hydrogen-bond acceptors (Lipinski definition) is 2. The molecule has 76 valence electrons. The number of rotatable bonds is 5. The molecule has 0 spiro atoms. The first-order valence-electron chi connectivity index (χ1n) is 5.03. The highest BCUT2D eigenvalue weighted by atomic mass is 16.1. The van der Waals surface area contributed by atoms with Gasteiger partial charge in [0.1, 0.15) is 6.29 Å². The largest absolute Gasteiger partial charge is 0.382 e. The summed E-state index contributed by atoms with van der Waals surface area (Å²) in [5.41, 5.74) is 2.34.